The van der Waals surface area contributed by atoms with Gasteiger partial charge in [0.15, 0.2) is 0 Å². The van der Waals surface area contributed by atoms with Crippen molar-refractivity contribution in [2.45, 2.75) is 25.0 Å². The Morgan fingerprint density at radius 2 is 1.92 bits per heavy atom. The summed E-state index contributed by atoms with van der Waals surface area (Å²) < 4.78 is 18.1. The number of halogens is 1. The Labute approximate surface area is 146 Å². The lowest BCUT2D eigenvalue weighted by Crippen LogP contribution is -2.41. The molecule has 1 heterocycles. The van der Waals surface area contributed by atoms with Crippen LogP contribution in [0.3, 0.4) is 0 Å². The number of carbonyl (C=O) groups is 1. The second-order valence-corrected chi connectivity index (χ2v) is 6.06. The number of methoxy groups -OCH3 is 1. The molecule has 0 aromatic heterocycles. The zero-order valence-electron chi connectivity index (χ0n) is 14.0. The Hall–Kier alpha value is -2.60. The SMILES string of the molecule is COc1ccc(C(O)C2CCCN2C(=O)Nc2ccc(F)cc2)cc1. The molecule has 1 aliphatic heterocycles. The number of amides is 2. The van der Waals surface area contributed by atoms with Gasteiger partial charge < -0.3 is 20.1 Å². The maximum absolute atomic E-state index is 13.0. The standard InChI is InChI=1S/C19H21FN2O3/c1-25-16-10-4-13(5-11-16)18(23)17-3-2-12-22(17)19(24)21-15-8-6-14(20)7-9-15/h4-11,17-18,23H,2-3,12H2,1H3,(H,21,24). The van der Waals surface area contributed by atoms with Gasteiger partial charge >= 0.3 is 6.03 Å². The maximum atomic E-state index is 13.0. The maximum Gasteiger partial charge on any atom is 0.322 e. The van der Waals surface area contributed by atoms with Crippen molar-refractivity contribution in [1.29, 1.82) is 0 Å². The van der Waals surface area contributed by atoms with Crippen molar-refractivity contribution in [3.63, 3.8) is 0 Å². The molecule has 1 aliphatic rings. The highest BCUT2D eigenvalue weighted by Crippen LogP contribution is 2.30. The summed E-state index contributed by atoms with van der Waals surface area (Å²) in [4.78, 5) is 14.2. The van der Waals surface area contributed by atoms with Gasteiger partial charge in [-0.25, -0.2) is 9.18 Å². The number of nitrogens with one attached hydrogen (secondary N) is 1. The van der Waals surface area contributed by atoms with E-state index in [2.05, 4.69) is 5.32 Å². The molecule has 25 heavy (non-hydrogen) atoms. The van der Waals surface area contributed by atoms with E-state index in [1.165, 1.54) is 24.3 Å². The minimum atomic E-state index is -0.771. The van der Waals surface area contributed by atoms with Gasteiger partial charge in [-0.2, -0.15) is 0 Å². The van der Waals surface area contributed by atoms with Crippen molar-refractivity contribution in [1.82, 2.24) is 4.90 Å². The third kappa shape index (κ3) is 3.91. The Morgan fingerprint density at radius 3 is 2.56 bits per heavy atom. The van der Waals surface area contributed by atoms with E-state index in [1.54, 1.807) is 36.3 Å². The number of rotatable bonds is 4. The van der Waals surface area contributed by atoms with E-state index in [9.17, 15) is 14.3 Å². The topological polar surface area (TPSA) is 61.8 Å². The first-order valence-electron chi connectivity index (χ1n) is 8.23. The van der Waals surface area contributed by atoms with Crippen LogP contribution in [-0.4, -0.2) is 35.7 Å². The highest BCUT2D eigenvalue weighted by atomic mass is 19.1. The van der Waals surface area contributed by atoms with Gasteiger partial charge in [-0.15, -0.1) is 0 Å². The molecular formula is C19H21FN2O3. The van der Waals surface area contributed by atoms with Gasteiger partial charge in [0.1, 0.15) is 11.6 Å². The average Bonchev–Trinajstić information content (AvgIpc) is 3.13. The number of likely N-dealkylation sites (tertiary alicyclic amines) is 1. The number of benzene rings is 2. The van der Waals surface area contributed by atoms with Crippen molar-refractivity contribution >= 4 is 11.7 Å². The van der Waals surface area contributed by atoms with Crippen LogP contribution in [0.1, 0.15) is 24.5 Å². The molecule has 5 nitrogen and oxygen atoms in total. The van der Waals surface area contributed by atoms with Crippen molar-refractivity contribution in [3.8, 4) is 5.75 Å². The smallest absolute Gasteiger partial charge is 0.322 e. The summed E-state index contributed by atoms with van der Waals surface area (Å²) in [5, 5.41) is 13.4. The zero-order chi connectivity index (χ0) is 17.8. The van der Waals surface area contributed by atoms with Gasteiger partial charge in [-0.1, -0.05) is 12.1 Å². The van der Waals surface area contributed by atoms with Gasteiger partial charge in [-0.3, -0.25) is 0 Å². The molecule has 0 bridgehead atoms. The molecule has 2 atom stereocenters. The number of nitrogens with zero attached hydrogens (tertiary/aromatic N) is 1. The molecule has 0 radical (unpaired) electrons. The van der Waals surface area contributed by atoms with Crippen LogP contribution in [0, 0.1) is 5.82 Å². The molecule has 1 fully saturated rings. The number of anilines is 1. The van der Waals surface area contributed by atoms with Crippen LogP contribution in [0.25, 0.3) is 0 Å². The number of urea groups is 1. The van der Waals surface area contributed by atoms with Crippen LogP contribution in [0.15, 0.2) is 48.5 Å². The van der Waals surface area contributed by atoms with Crippen molar-refractivity contribution in [2.75, 3.05) is 19.0 Å². The van der Waals surface area contributed by atoms with Crippen LogP contribution >= 0.6 is 0 Å². The van der Waals surface area contributed by atoms with E-state index in [0.29, 0.717) is 18.0 Å². The molecule has 132 valence electrons. The highest BCUT2D eigenvalue weighted by molar-refractivity contribution is 5.89. The molecule has 2 N–H and O–H groups in total. The molecule has 1 saturated heterocycles. The number of aliphatic hydroxyl groups excluding tert-OH is 1. The Morgan fingerprint density at radius 1 is 1.24 bits per heavy atom. The fourth-order valence-corrected chi connectivity index (χ4v) is 3.12. The van der Waals surface area contributed by atoms with Crippen molar-refractivity contribution in [2.24, 2.45) is 0 Å². The molecule has 6 heteroatoms. The Kier molecular flexibility index (Phi) is 5.19. The quantitative estimate of drug-likeness (QED) is 0.891. The van der Waals surface area contributed by atoms with E-state index in [-0.39, 0.29) is 17.9 Å². The van der Waals surface area contributed by atoms with E-state index < -0.39 is 6.10 Å². The fourth-order valence-electron chi connectivity index (χ4n) is 3.12. The molecule has 2 aromatic rings. The first-order chi connectivity index (χ1) is 12.1. The Bertz CT molecular complexity index is 718. The normalized spacial score (nSPS) is 18.0. The molecule has 2 unspecified atom stereocenters. The summed E-state index contributed by atoms with van der Waals surface area (Å²) in [7, 11) is 1.59. The Balaban J connectivity index is 1.70. The van der Waals surface area contributed by atoms with Gasteiger partial charge in [0.05, 0.1) is 19.3 Å². The number of hydrogen-bond acceptors (Lipinski definition) is 3. The van der Waals surface area contributed by atoms with Crippen LogP contribution < -0.4 is 10.1 Å². The molecule has 2 amide bonds. The van der Waals surface area contributed by atoms with Gasteiger partial charge in [0.2, 0.25) is 0 Å². The fraction of sp³-hybridized carbons (Fsp3) is 0.316. The molecule has 0 saturated carbocycles. The predicted molar refractivity (Wildman–Crippen MR) is 93.1 cm³/mol. The first kappa shape index (κ1) is 17.2. The van der Waals surface area contributed by atoms with Crippen LogP contribution in [0.5, 0.6) is 5.75 Å². The summed E-state index contributed by atoms with van der Waals surface area (Å²) in [5.41, 5.74) is 1.27. The predicted octanol–water partition coefficient (Wildman–Crippen LogP) is 3.56. The summed E-state index contributed by atoms with van der Waals surface area (Å²) in [6.45, 7) is 0.574. The van der Waals surface area contributed by atoms with Crippen molar-refractivity contribution in [3.05, 3.63) is 59.9 Å². The molecule has 0 spiro atoms. The van der Waals surface area contributed by atoms with E-state index in [0.717, 1.165) is 18.4 Å². The lowest BCUT2D eigenvalue weighted by Gasteiger charge is -2.29. The third-order valence-corrected chi connectivity index (χ3v) is 4.48. The largest absolute Gasteiger partial charge is 0.497 e. The van der Waals surface area contributed by atoms with Crippen LogP contribution in [0.4, 0.5) is 14.9 Å². The van der Waals surface area contributed by atoms with E-state index in [1.807, 2.05) is 0 Å². The second-order valence-electron chi connectivity index (χ2n) is 6.06. The third-order valence-electron chi connectivity index (χ3n) is 4.48. The lowest BCUT2D eigenvalue weighted by atomic mass is 10.0. The summed E-state index contributed by atoms with van der Waals surface area (Å²) in [5.74, 6) is 0.361. The van der Waals surface area contributed by atoms with Crippen LogP contribution in [-0.2, 0) is 0 Å². The van der Waals surface area contributed by atoms with Crippen molar-refractivity contribution < 1.29 is 19.0 Å². The molecular weight excluding hydrogens is 323 g/mol. The second kappa shape index (κ2) is 7.53. The molecule has 0 aliphatic carbocycles. The van der Waals surface area contributed by atoms with Gasteiger partial charge in [-0.05, 0) is 54.8 Å². The monoisotopic (exact) mass is 344 g/mol. The minimum absolute atomic E-state index is 0.290. The lowest BCUT2D eigenvalue weighted by molar-refractivity contribution is 0.0891. The number of hydrogen-bond donors (Lipinski definition) is 2. The minimum Gasteiger partial charge on any atom is -0.497 e. The molecule has 2 aromatic carbocycles. The summed E-state index contributed by atoms with van der Waals surface area (Å²) in [6, 6.07) is 12.2. The number of carbonyl (C=O) groups excluding carboxylic acids is 1. The van der Waals surface area contributed by atoms with Gasteiger partial charge in [0, 0.05) is 12.2 Å². The van der Waals surface area contributed by atoms with E-state index >= 15 is 0 Å². The molecule has 3 rings (SSSR count). The summed E-state index contributed by atoms with van der Waals surface area (Å²) in [6.07, 6.45) is 0.783. The number of aliphatic hydroxyl groups is 1. The number of ether oxygens (including phenoxy) is 1. The van der Waals surface area contributed by atoms with Crippen LogP contribution in [0.2, 0.25) is 0 Å². The van der Waals surface area contributed by atoms with E-state index in [4.69, 9.17) is 4.74 Å². The van der Waals surface area contributed by atoms with Gasteiger partial charge in [0.25, 0.3) is 0 Å². The summed E-state index contributed by atoms with van der Waals surface area (Å²) >= 11 is 0. The highest BCUT2D eigenvalue weighted by Gasteiger charge is 2.34. The zero-order valence-corrected chi connectivity index (χ0v) is 14.0. The first-order valence-corrected chi connectivity index (χ1v) is 8.23. The average molecular weight is 344 g/mol.